The van der Waals surface area contributed by atoms with E-state index in [1.54, 1.807) is 0 Å². The summed E-state index contributed by atoms with van der Waals surface area (Å²) in [7, 11) is 0. The molecule has 0 saturated carbocycles. The SMILES string of the molecule is CCc1ccc(-c2ccccc2)c(O)c1CC. The summed E-state index contributed by atoms with van der Waals surface area (Å²) in [6.45, 7) is 4.21. The molecule has 0 saturated heterocycles. The molecule has 0 atom stereocenters. The lowest BCUT2D eigenvalue weighted by atomic mass is 9.95. The summed E-state index contributed by atoms with van der Waals surface area (Å²) in [5, 5.41) is 10.4. The largest absolute Gasteiger partial charge is 0.507 e. The highest BCUT2D eigenvalue weighted by Crippen LogP contribution is 2.34. The Morgan fingerprint density at radius 3 is 2.18 bits per heavy atom. The average Bonchev–Trinajstić information content (AvgIpc) is 2.39. The van der Waals surface area contributed by atoms with Crippen molar-refractivity contribution in [2.45, 2.75) is 26.7 Å². The van der Waals surface area contributed by atoms with E-state index in [-0.39, 0.29) is 0 Å². The van der Waals surface area contributed by atoms with Crippen LogP contribution in [0.5, 0.6) is 5.75 Å². The summed E-state index contributed by atoms with van der Waals surface area (Å²) in [4.78, 5) is 0. The van der Waals surface area contributed by atoms with Crippen LogP contribution >= 0.6 is 0 Å². The molecule has 0 amide bonds. The quantitative estimate of drug-likeness (QED) is 0.832. The second-order valence-corrected chi connectivity index (χ2v) is 4.17. The second kappa shape index (κ2) is 5.05. The lowest BCUT2D eigenvalue weighted by molar-refractivity contribution is 0.470. The summed E-state index contributed by atoms with van der Waals surface area (Å²) in [6.07, 6.45) is 1.83. The van der Waals surface area contributed by atoms with Crippen molar-refractivity contribution >= 4 is 0 Å². The Labute approximate surface area is 103 Å². The first-order chi connectivity index (χ1) is 8.27. The van der Waals surface area contributed by atoms with Crippen molar-refractivity contribution in [3.63, 3.8) is 0 Å². The Balaban J connectivity index is 2.57. The molecule has 0 aromatic heterocycles. The Morgan fingerprint density at radius 2 is 1.59 bits per heavy atom. The highest BCUT2D eigenvalue weighted by atomic mass is 16.3. The fourth-order valence-corrected chi connectivity index (χ4v) is 2.25. The van der Waals surface area contributed by atoms with E-state index in [0.717, 1.165) is 29.5 Å². The molecule has 2 rings (SSSR count). The van der Waals surface area contributed by atoms with E-state index < -0.39 is 0 Å². The van der Waals surface area contributed by atoms with Gasteiger partial charge in [0, 0.05) is 5.56 Å². The van der Waals surface area contributed by atoms with E-state index in [2.05, 4.69) is 19.9 Å². The van der Waals surface area contributed by atoms with Crippen LogP contribution in [0.2, 0.25) is 0 Å². The molecule has 17 heavy (non-hydrogen) atoms. The molecule has 1 nitrogen and oxygen atoms in total. The van der Waals surface area contributed by atoms with Crippen molar-refractivity contribution < 1.29 is 5.11 Å². The molecule has 0 aliphatic rings. The van der Waals surface area contributed by atoms with Gasteiger partial charge in [-0.25, -0.2) is 0 Å². The van der Waals surface area contributed by atoms with Crippen LogP contribution in [-0.2, 0) is 12.8 Å². The van der Waals surface area contributed by atoms with E-state index >= 15 is 0 Å². The highest BCUT2D eigenvalue weighted by molar-refractivity contribution is 5.72. The van der Waals surface area contributed by atoms with Crippen LogP contribution in [0.4, 0.5) is 0 Å². The van der Waals surface area contributed by atoms with Gasteiger partial charge >= 0.3 is 0 Å². The van der Waals surface area contributed by atoms with Crippen LogP contribution in [0, 0.1) is 0 Å². The standard InChI is InChI=1S/C16H18O/c1-3-12-10-11-15(16(17)14(12)4-2)13-8-6-5-7-9-13/h5-11,17H,3-4H2,1-2H3. The van der Waals surface area contributed by atoms with Gasteiger partial charge in [-0.3, -0.25) is 0 Å². The maximum absolute atomic E-state index is 10.4. The zero-order valence-corrected chi connectivity index (χ0v) is 10.4. The minimum atomic E-state index is 0.443. The molecule has 0 heterocycles. The molecule has 0 unspecified atom stereocenters. The number of hydrogen-bond donors (Lipinski definition) is 1. The number of aromatic hydroxyl groups is 1. The van der Waals surface area contributed by atoms with Gasteiger partial charge in [-0.2, -0.15) is 0 Å². The minimum absolute atomic E-state index is 0.443. The fourth-order valence-electron chi connectivity index (χ4n) is 2.25. The number of hydrogen-bond acceptors (Lipinski definition) is 1. The molecular formula is C16H18O. The Kier molecular flexibility index (Phi) is 3.48. The van der Waals surface area contributed by atoms with E-state index in [1.807, 2.05) is 36.4 Å². The molecule has 2 aromatic carbocycles. The van der Waals surface area contributed by atoms with Crippen LogP contribution < -0.4 is 0 Å². The number of rotatable bonds is 3. The first-order valence-electron chi connectivity index (χ1n) is 6.17. The van der Waals surface area contributed by atoms with Crippen molar-refractivity contribution in [2.75, 3.05) is 0 Å². The maximum Gasteiger partial charge on any atom is 0.126 e. The summed E-state index contributed by atoms with van der Waals surface area (Å²) >= 11 is 0. The third kappa shape index (κ3) is 2.19. The van der Waals surface area contributed by atoms with Gasteiger partial charge in [0.2, 0.25) is 0 Å². The Morgan fingerprint density at radius 1 is 0.882 bits per heavy atom. The summed E-state index contributed by atoms with van der Waals surface area (Å²) < 4.78 is 0. The average molecular weight is 226 g/mol. The molecule has 1 N–H and O–H groups in total. The van der Waals surface area contributed by atoms with Crippen molar-refractivity contribution in [3.05, 3.63) is 53.6 Å². The van der Waals surface area contributed by atoms with Gasteiger partial charge in [0.15, 0.2) is 0 Å². The molecule has 0 aliphatic carbocycles. The van der Waals surface area contributed by atoms with Gasteiger partial charge in [-0.05, 0) is 29.5 Å². The molecular weight excluding hydrogens is 208 g/mol. The van der Waals surface area contributed by atoms with Crippen molar-refractivity contribution in [2.24, 2.45) is 0 Å². The number of phenolic OH excluding ortho intramolecular Hbond substituents is 1. The first kappa shape index (κ1) is 11.7. The summed E-state index contributed by atoms with van der Waals surface area (Å²) in [5.41, 5.74) is 4.32. The molecule has 0 radical (unpaired) electrons. The highest BCUT2D eigenvalue weighted by Gasteiger charge is 2.11. The third-order valence-electron chi connectivity index (χ3n) is 3.20. The normalized spacial score (nSPS) is 10.5. The van der Waals surface area contributed by atoms with E-state index in [9.17, 15) is 5.11 Å². The number of aryl methyl sites for hydroxylation is 1. The summed E-state index contributed by atoms with van der Waals surface area (Å²) in [6, 6.07) is 14.2. The van der Waals surface area contributed by atoms with E-state index in [1.165, 1.54) is 5.56 Å². The molecule has 0 spiro atoms. The van der Waals surface area contributed by atoms with Crippen LogP contribution in [0.25, 0.3) is 11.1 Å². The monoisotopic (exact) mass is 226 g/mol. The van der Waals surface area contributed by atoms with Crippen LogP contribution in [-0.4, -0.2) is 5.11 Å². The van der Waals surface area contributed by atoms with E-state index in [0.29, 0.717) is 5.75 Å². The molecule has 0 fully saturated rings. The van der Waals surface area contributed by atoms with Crippen molar-refractivity contribution in [3.8, 4) is 16.9 Å². The fraction of sp³-hybridized carbons (Fsp3) is 0.250. The number of benzene rings is 2. The first-order valence-corrected chi connectivity index (χ1v) is 6.17. The molecule has 88 valence electrons. The second-order valence-electron chi connectivity index (χ2n) is 4.17. The molecule has 0 bridgehead atoms. The van der Waals surface area contributed by atoms with Gasteiger partial charge in [-0.15, -0.1) is 0 Å². The molecule has 0 aliphatic heterocycles. The zero-order chi connectivity index (χ0) is 12.3. The van der Waals surface area contributed by atoms with Gasteiger partial charge in [-0.1, -0.05) is 56.3 Å². The van der Waals surface area contributed by atoms with Crippen LogP contribution in [0.1, 0.15) is 25.0 Å². The van der Waals surface area contributed by atoms with Gasteiger partial charge in [0.05, 0.1) is 0 Å². The predicted molar refractivity (Wildman–Crippen MR) is 72.3 cm³/mol. The van der Waals surface area contributed by atoms with Crippen LogP contribution in [0.3, 0.4) is 0 Å². The Bertz CT molecular complexity index is 500. The lowest BCUT2D eigenvalue weighted by Crippen LogP contribution is -1.93. The molecule has 2 aromatic rings. The number of phenols is 1. The zero-order valence-electron chi connectivity index (χ0n) is 10.4. The topological polar surface area (TPSA) is 20.2 Å². The van der Waals surface area contributed by atoms with Gasteiger partial charge in [0.25, 0.3) is 0 Å². The lowest BCUT2D eigenvalue weighted by Gasteiger charge is -2.13. The third-order valence-corrected chi connectivity index (χ3v) is 3.20. The van der Waals surface area contributed by atoms with Gasteiger partial charge < -0.3 is 5.11 Å². The minimum Gasteiger partial charge on any atom is -0.507 e. The van der Waals surface area contributed by atoms with Crippen molar-refractivity contribution in [1.29, 1.82) is 0 Å². The molecule has 1 heteroatoms. The predicted octanol–water partition coefficient (Wildman–Crippen LogP) is 4.18. The maximum atomic E-state index is 10.4. The smallest absolute Gasteiger partial charge is 0.126 e. The van der Waals surface area contributed by atoms with Crippen molar-refractivity contribution in [1.82, 2.24) is 0 Å². The van der Waals surface area contributed by atoms with Gasteiger partial charge in [0.1, 0.15) is 5.75 Å². The Hall–Kier alpha value is -1.76. The summed E-state index contributed by atoms with van der Waals surface area (Å²) in [5.74, 6) is 0.443. The van der Waals surface area contributed by atoms with Crippen LogP contribution in [0.15, 0.2) is 42.5 Å². The van der Waals surface area contributed by atoms with E-state index in [4.69, 9.17) is 0 Å².